The molecular formula is C34H26N2O2. The molecule has 184 valence electrons. The topological polar surface area (TPSA) is 44.1 Å². The van der Waals surface area contributed by atoms with Gasteiger partial charge in [0.15, 0.2) is 0 Å². The summed E-state index contributed by atoms with van der Waals surface area (Å²) in [6.45, 7) is 0.560. The van der Waals surface area contributed by atoms with Gasteiger partial charge in [-0.25, -0.2) is 9.78 Å². The molecule has 0 N–H and O–H groups in total. The zero-order valence-corrected chi connectivity index (χ0v) is 21.0. The summed E-state index contributed by atoms with van der Waals surface area (Å²) in [6, 6.07) is 38.9. The van der Waals surface area contributed by atoms with Gasteiger partial charge in [0, 0.05) is 29.2 Å². The van der Waals surface area contributed by atoms with Crippen LogP contribution in [-0.2, 0) is 11.3 Å². The Hall–Kier alpha value is -4.96. The molecule has 0 unspecified atom stereocenters. The second-order valence-electron chi connectivity index (χ2n) is 9.22. The minimum atomic E-state index is -0.326. The summed E-state index contributed by atoms with van der Waals surface area (Å²) in [5.74, 6) is -0.326. The van der Waals surface area contributed by atoms with Gasteiger partial charge in [-0.3, -0.25) is 0 Å². The molecule has 0 saturated carbocycles. The van der Waals surface area contributed by atoms with E-state index in [0.717, 1.165) is 49.8 Å². The first-order valence-electron chi connectivity index (χ1n) is 12.6. The van der Waals surface area contributed by atoms with E-state index in [1.807, 2.05) is 60.7 Å². The van der Waals surface area contributed by atoms with Gasteiger partial charge in [0.2, 0.25) is 0 Å². The van der Waals surface area contributed by atoms with E-state index in [0.29, 0.717) is 12.1 Å². The van der Waals surface area contributed by atoms with Crippen molar-refractivity contribution in [3.63, 3.8) is 0 Å². The Morgan fingerprint density at radius 1 is 0.816 bits per heavy atom. The average Bonchev–Trinajstić information content (AvgIpc) is 3.38. The van der Waals surface area contributed by atoms with Gasteiger partial charge in [-0.15, -0.1) is 0 Å². The molecule has 4 nitrogen and oxygen atoms in total. The quantitative estimate of drug-likeness (QED) is 0.177. The van der Waals surface area contributed by atoms with Crippen LogP contribution in [0.2, 0.25) is 0 Å². The fraction of sp³-hybridized carbons (Fsp3) is 0.0588. The molecule has 0 spiro atoms. The number of carbonyl (C=O) groups is 1. The third kappa shape index (κ3) is 4.60. The van der Waals surface area contributed by atoms with Crippen LogP contribution in [0.15, 0.2) is 121 Å². The highest BCUT2D eigenvalue weighted by atomic mass is 16.5. The molecule has 0 aliphatic carbocycles. The molecule has 0 bridgehead atoms. The van der Waals surface area contributed by atoms with Gasteiger partial charge in [0.05, 0.1) is 23.9 Å². The SMILES string of the molecule is COC(=O)c1ccccc1Cn1ccc2ccc(C(=Cc3ccccc3)c3ccc4ccccc4n3)cc21. The van der Waals surface area contributed by atoms with E-state index in [1.165, 1.54) is 7.11 Å². The standard InChI is InChI=1S/C34H26N2O2/c1-38-34(37)29-13-7-5-12-28(29)23-36-20-19-26-15-16-27(22-33(26)36)30(21-24-9-3-2-4-10-24)32-18-17-25-11-6-8-14-31(25)35-32/h2-22H,23H2,1H3. The van der Waals surface area contributed by atoms with Crippen LogP contribution in [0.1, 0.15) is 32.7 Å². The first kappa shape index (κ1) is 23.4. The fourth-order valence-electron chi connectivity index (χ4n) is 4.88. The minimum Gasteiger partial charge on any atom is -0.465 e. The van der Waals surface area contributed by atoms with Crippen molar-refractivity contribution in [1.82, 2.24) is 9.55 Å². The van der Waals surface area contributed by atoms with E-state index >= 15 is 0 Å². The van der Waals surface area contributed by atoms with Crippen molar-refractivity contribution >= 4 is 39.4 Å². The van der Waals surface area contributed by atoms with Crippen LogP contribution in [0.5, 0.6) is 0 Å². The Morgan fingerprint density at radius 2 is 1.58 bits per heavy atom. The Kier molecular flexibility index (Phi) is 6.29. The maximum absolute atomic E-state index is 12.3. The van der Waals surface area contributed by atoms with Crippen LogP contribution in [0.3, 0.4) is 0 Å². The third-order valence-corrected chi connectivity index (χ3v) is 6.83. The number of nitrogens with zero attached hydrogens (tertiary/aromatic N) is 2. The normalized spacial score (nSPS) is 11.7. The molecular weight excluding hydrogens is 468 g/mol. The van der Waals surface area contributed by atoms with Gasteiger partial charge in [0.1, 0.15) is 0 Å². The van der Waals surface area contributed by atoms with E-state index in [9.17, 15) is 4.79 Å². The van der Waals surface area contributed by atoms with Crippen molar-refractivity contribution in [3.05, 3.63) is 149 Å². The molecule has 0 amide bonds. The number of methoxy groups -OCH3 is 1. The highest BCUT2D eigenvalue weighted by Crippen LogP contribution is 2.30. The van der Waals surface area contributed by atoms with Crippen molar-refractivity contribution in [3.8, 4) is 0 Å². The van der Waals surface area contributed by atoms with Gasteiger partial charge in [-0.2, -0.15) is 0 Å². The van der Waals surface area contributed by atoms with Crippen molar-refractivity contribution in [1.29, 1.82) is 0 Å². The fourth-order valence-corrected chi connectivity index (χ4v) is 4.88. The Morgan fingerprint density at radius 3 is 2.45 bits per heavy atom. The van der Waals surface area contributed by atoms with E-state index < -0.39 is 0 Å². The van der Waals surface area contributed by atoms with Crippen molar-refractivity contribution in [2.75, 3.05) is 7.11 Å². The number of ether oxygens (including phenoxy) is 1. The summed E-state index contributed by atoms with van der Waals surface area (Å²) < 4.78 is 7.18. The summed E-state index contributed by atoms with van der Waals surface area (Å²) in [5, 5.41) is 2.25. The van der Waals surface area contributed by atoms with Gasteiger partial charge in [-0.1, -0.05) is 84.9 Å². The van der Waals surface area contributed by atoms with E-state index in [2.05, 4.69) is 71.4 Å². The number of esters is 1. The van der Waals surface area contributed by atoms with Crippen LogP contribution >= 0.6 is 0 Å². The summed E-state index contributed by atoms with van der Waals surface area (Å²) in [7, 11) is 1.41. The zero-order valence-electron chi connectivity index (χ0n) is 21.0. The van der Waals surface area contributed by atoms with Crippen molar-refractivity contribution in [2.24, 2.45) is 0 Å². The van der Waals surface area contributed by atoms with Gasteiger partial charge < -0.3 is 9.30 Å². The highest BCUT2D eigenvalue weighted by molar-refractivity contribution is 5.95. The zero-order chi connectivity index (χ0) is 25.9. The molecule has 4 aromatic carbocycles. The largest absolute Gasteiger partial charge is 0.465 e. The third-order valence-electron chi connectivity index (χ3n) is 6.83. The molecule has 0 atom stereocenters. The lowest BCUT2D eigenvalue weighted by Crippen LogP contribution is -2.08. The smallest absolute Gasteiger partial charge is 0.338 e. The van der Waals surface area contributed by atoms with Crippen molar-refractivity contribution < 1.29 is 9.53 Å². The lowest BCUT2D eigenvalue weighted by atomic mass is 9.97. The van der Waals surface area contributed by atoms with Crippen LogP contribution in [0, 0.1) is 0 Å². The highest BCUT2D eigenvalue weighted by Gasteiger charge is 2.14. The number of pyridine rings is 1. The number of rotatable bonds is 6. The minimum absolute atomic E-state index is 0.326. The summed E-state index contributed by atoms with van der Waals surface area (Å²) in [5.41, 5.74) is 7.70. The molecule has 0 saturated heterocycles. The summed E-state index contributed by atoms with van der Waals surface area (Å²) >= 11 is 0. The number of hydrogen-bond donors (Lipinski definition) is 0. The Labute approximate surface area is 221 Å². The lowest BCUT2D eigenvalue weighted by Gasteiger charge is -2.13. The lowest BCUT2D eigenvalue weighted by molar-refractivity contribution is 0.0599. The molecule has 0 aliphatic rings. The number of benzene rings is 4. The van der Waals surface area contributed by atoms with Gasteiger partial charge in [0.25, 0.3) is 0 Å². The van der Waals surface area contributed by atoms with Gasteiger partial charge in [-0.05, 0) is 58.5 Å². The molecule has 38 heavy (non-hydrogen) atoms. The van der Waals surface area contributed by atoms with Crippen molar-refractivity contribution in [2.45, 2.75) is 6.54 Å². The second kappa shape index (κ2) is 10.2. The summed E-state index contributed by atoms with van der Waals surface area (Å²) in [6.07, 6.45) is 4.26. The van der Waals surface area contributed by atoms with E-state index in [-0.39, 0.29) is 5.97 Å². The first-order chi connectivity index (χ1) is 18.7. The number of para-hydroxylation sites is 1. The Balaban J connectivity index is 1.47. The maximum atomic E-state index is 12.3. The van der Waals surface area contributed by atoms with Crippen LogP contribution < -0.4 is 0 Å². The Bertz CT molecular complexity index is 1800. The maximum Gasteiger partial charge on any atom is 0.338 e. The van der Waals surface area contributed by atoms with E-state index in [4.69, 9.17) is 9.72 Å². The number of aromatic nitrogens is 2. The first-order valence-corrected chi connectivity index (χ1v) is 12.6. The molecule has 0 fully saturated rings. The monoisotopic (exact) mass is 494 g/mol. The number of carbonyl (C=O) groups excluding carboxylic acids is 1. The predicted octanol–water partition coefficient (Wildman–Crippen LogP) is 7.61. The van der Waals surface area contributed by atoms with Crippen LogP contribution in [-0.4, -0.2) is 22.6 Å². The summed E-state index contributed by atoms with van der Waals surface area (Å²) in [4.78, 5) is 17.4. The van der Waals surface area contributed by atoms with E-state index in [1.54, 1.807) is 0 Å². The van der Waals surface area contributed by atoms with Gasteiger partial charge >= 0.3 is 5.97 Å². The molecule has 0 aliphatic heterocycles. The molecule has 4 heteroatoms. The second-order valence-corrected chi connectivity index (χ2v) is 9.22. The molecule has 6 aromatic rings. The number of hydrogen-bond acceptors (Lipinski definition) is 3. The number of fused-ring (bicyclic) bond motifs is 2. The molecule has 6 rings (SSSR count). The van der Waals surface area contributed by atoms with Crippen LogP contribution in [0.4, 0.5) is 0 Å². The molecule has 0 radical (unpaired) electrons. The predicted molar refractivity (Wildman–Crippen MR) is 154 cm³/mol. The average molecular weight is 495 g/mol. The molecule has 2 heterocycles. The van der Waals surface area contributed by atoms with Crippen LogP contribution in [0.25, 0.3) is 33.5 Å². The molecule has 2 aromatic heterocycles.